The second-order valence-corrected chi connectivity index (χ2v) is 5.85. The van der Waals surface area contributed by atoms with Crippen molar-refractivity contribution in [2.45, 2.75) is 25.0 Å². The lowest BCUT2D eigenvalue weighted by atomic mass is 9.92. The van der Waals surface area contributed by atoms with Gasteiger partial charge in [0.05, 0.1) is 0 Å². The molecular formula is C16H17N3O6. The van der Waals surface area contributed by atoms with Gasteiger partial charge in [0, 0.05) is 0 Å². The number of rotatable bonds is 4. The molecule has 2 aliphatic heterocycles. The molecule has 2 amide bonds. The molecule has 2 heterocycles. The zero-order chi connectivity index (χ0) is 18.3. The molecule has 2 aliphatic rings. The van der Waals surface area contributed by atoms with Crippen molar-refractivity contribution in [3.05, 3.63) is 41.3 Å². The van der Waals surface area contributed by atoms with Gasteiger partial charge in [-0.2, -0.15) is 0 Å². The molecule has 9 nitrogen and oxygen atoms in total. The number of phenolic OH excluding ortho intramolecular Hbond substituents is 1. The van der Waals surface area contributed by atoms with Crippen molar-refractivity contribution in [2.24, 2.45) is 5.73 Å². The third kappa shape index (κ3) is 2.78. The topological polar surface area (TPSA) is 142 Å². The van der Waals surface area contributed by atoms with Crippen molar-refractivity contribution >= 4 is 17.8 Å². The zero-order valence-electron chi connectivity index (χ0n) is 13.3. The van der Waals surface area contributed by atoms with E-state index in [0.717, 1.165) is 4.90 Å². The van der Waals surface area contributed by atoms with Crippen molar-refractivity contribution in [1.82, 2.24) is 10.2 Å². The maximum Gasteiger partial charge on any atom is 0.356 e. The summed E-state index contributed by atoms with van der Waals surface area (Å²) in [6.07, 6.45) is 0. The Balaban J connectivity index is 1.71. The van der Waals surface area contributed by atoms with Gasteiger partial charge in [0.1, 0.15) is 36.2 Å². The number of carboxylic acids is 1. The lowest BCUT2D eigenvalue weighted by Gasteiger charge is -2.49. The highest BCUT2D eigenvalue weighted by Crippen LogP contribution is 2.32. The van der Waals surface area contributed by atoms with Gasteiger partial charge in [-0.25, -0.2) is 4.79 Å². The predicted octanol–water partition coefficient (Wildman–Crippen LogP) is -0.566. The highest BCUT2D eigenvalue weighted by atomic mass is 16.5. The number of allylic oxidation sites excluding steroid dienone is 1. The summed E-state index contributed by atoms with van der Waals surface area (Å²) in [6, 6.07) is 3.32. The van der Waals surface area contributed by atoms with Crippen LogP contribution in [0.3, 0.4) is 0 Å². The Morgan fingerprint density at radius 2 is 2.00 bits per heavy atom. The molecule has 5 N–H and O–H groups in total. The molecule has 0 saturated carbocycles. The molecule has 3 atom stereocenters. The minimum atomic E-state index is -1.26. The minimum Gasteiger partial charge on any atom is -0.508 e. The molecule has 1 aromatic carbocycles. The monoisotopic (exact) mass is 347 g/mol. The number of carbonyl (C=O) groups is 3. The van der Waals surface area contributed by atoms with Crippen LogP contribution >= 0.6 is 0 Å². The molecule has 1 aromatic rings. The van der Waals surface area contributed by atoms with Crippen molar-refractivity contribution in [1.29, 1.82) is 0 Å². The number of hydrogen-bond acceptors (Lipinski definition) is 6. The molecule has 3 rings (SSSR count). The summed E-state index contributed by atoms with van der Waals surface area (Å²) in [7, 11) is 0. The fourth-order valence-corrected chi connectivity index (χ4v) is 2.93. The first kappa shape index (κ1) is 16.8. The van der Waals surface area contributed by atoms with Crippen molar-refractivity contribution in [3.8, 4) is 5.75 Å². The number of nitrogens with one attached hydrogen (secondary N) is 1. The van der Waals surface area contributed by atoms with Crippen LogP contribution in [0.4, 0.5) is 0 Å². The summed E-state index contributed by atoms with van der Waals surface area (Å²) in [5.41, 5.74) is 6.13. The fourth-order valence-electron chi connectivity index (χ4n) is 2.93. The van der Waals surface area contributed by atoms with E-state index in [1.807, 2.05) is 0 Å². The van der Waals surface area contributed by atoms with Gasteiger partial charge in [0.25, 0.3) is 5.91 Å². The molecule has 25 heavy (non-hydrogen) atoms. The van der Waals surface area contributed by atoms with E-state index in [0.29, 0.717) is 5.56 Å². The Kier molecular flexibility index (Phi) is 4.09. The molecule has 1 saturated heterocycles. The number of carbonyl (C=O) groups excluding carboxylic acids is 2. The average molecular weight is 347 g/mol. The summed E-state index contributed by atoms with van der Waals surface area (Å²) in [5.74, 6) is -2.16. The number of nitrogens with two attached hydrogens (primary N) is 1. The van der Waals surface area contributed by atoms with Gasteiger partial charge in [0.15, 0.2) is 5.70 Å². The summed E-state index contributed by atoms with van der Waals surface area (Å²) in [5, 5.41) is 21.0. The largest absolute Gasteiger partial charge is 0.508 e. The van der Waals surface area contributed by atoms with Crippen molar-refractivity contribution in [2.75, 3.05) is 6.61 Å². The van der Waals surface area contributed by atoms with Crippen molar-refractivity contribution in [3.63, 3.8) is 0 Å². The van der Waals surface area contributed by atoms with Gasteiger partial charge in [-0.05, 0) is 24.6 Å². The van der Waals surface area contributed by atoms with E-state index in [1.165, 1.54) is 31.2 Å². The van der Waals surface area contributed by atoms with Gasteiger partial charge in [0.2, 0.25) is 5.91 Å². The predicted molar refractivity (Wildman–Crippen MR) is 83.9 cm³/mol. The van der Waals surface area contributed by atoms with Gasteiger partial charge in [-0.1, -0.05) is 12.1 Å². The smallest absolute Gasteiger partial charge is 0.356 e. The van der Waals surface area contributed by atoms with Crippen LogP contribution in [0, 0.1) is 0 Å². The summed E-state index contributed by atoms with van der Waals surface area (Å²) < 4.78 is 5.30. The van der Waals surface area contributed by atoms with Gasteiger partial charge >= 0.3 is 5.97 Å². The number of nitrogens with zero attached hydrogens (tertiary/aromatic N) is 1. The van der Waals surface area contributed by atoms with Crippen LogP contribution in [-0.2, 0) is 19.1 Å². The van der Waals surface area contributed by atoms with Gasteiger partial charge < -0.3 is 26.0 Å². The third-order valence-corrected chi connectivity index (χ3v) is 4.30. The van der Waals surface area contributed by atoms with E-state index in [-0.39, 0.29) is 23.8 Å². The van der Waals surface area contributed by atoms with Crippen LogP contribution in [0.1, 0.15) is 18.5 Å². The first-order valence-corrected chi connectivity index (χ1v) is 7.56. The Labute approximate surface area is 142 Å². The minimum absolute atomic E-state index is 0.0453. The number of hydrogen-bond donors (Lipinski definition) is 4. The number of carboxylic acid groups (broad SMARTS) is 1. The Hall–Kier alpha value is -3.07. The molecule has 9 heteroatoms. The summed E-state index contributed by atoms with van der Waals surface area (Å²) in [4.78, 5) is 37.0. The van der Waals surface area contributed by atoms with Crippen LogP contribution in [-0.4, -0.2) is 51.6 Å². The number of aliphatic carboxylic acids is 1. The van der Waals surface area contributed by atoms with E-state index >= 15 is 0 Å². The number of β-lactam (4-membered cyclic amide) rings is 1. The molecular weight excluding hydrogens is 330 g/mol. The molecule has 0 aromatic heterocycles. The fraction of sp³-hybridized carbons (Fsp3) is 0.312. The second kappa shape index (κ2) is 6.10. The standard InChI is InChI=1S/C16H17N3O6/c1-7-13(16(23)24)19-10(6-25-7)12(15(19)22)18-14(21)11(17)8-2-4-9(20)5-3-8/h2-5,10-12,20H,6,17H2,1H3,(H,18,21)(H,23,24)/t10-,11-,12+/m1/s1. The van der Waals surface area contributed by atoms with Gasteiger partial charge in [-0.3, -0.25) is 14.5 Å². The van der Waals surface area contributed by atoms with Gasteiger partial charge in [-0.15, -0.1) is 0 Å². The molecule has 0 aliphatic carbocycles. The first-order valence-electron chi connectivity index (χ1n) is 7.56. The lowest BCUT2D eigenvalue weighted by Crippen LogP contribution is -2.73. The summed E-state index contributed by atoms with van der Waals surface area (Å²) >= 11 is 0. The number of fused-ring (bicyclic) bond motifs is 1. The van der Waals surface area contributed by atoms with Crippen LogP contribution < -0.4 is 11.1 Å². The normalized spacial score (nSPS) is 23.3. The molecule has 0 radical (unpaired) electrons. The first-order chi connectivity index (χ1) is 11.8. The molecule has 0 bridgehead atoms. The average Bonchev–Trinajstić information content (AvgIpc) is 2.58. The number of phenols is 1. The molecule has 132 valence electrons. The second-order valence-electron chi connectivity index (χ2n) is 5.85. The number of benzene rings is 1. The molecule has 0 spiro atoms. The maximum absolute atomic E-state index is 12.3. The van der Waals surface area contributed by atoms with E-state index in [1.54, 1.807) is 0 Å². The highest BCUT2D eigenvalue weighted by molar-refractivity contribution is 6.01. The SMILES string of the molecule is CC1=C(C(=O)O)N2C(=O)[C@@H](NC(=O)[C@H](N)c3ccc(O)cc3)[C@H]2CO1. The number of aromatic hydroxyl groups is 1. The Bertz CT molecular complexity index is 773. The Morgan fingerprint density at radius 1 is 1.36 bits per heavy atom. The van der Waals surface area contributed by atoms with Crippen LogP contribution in [0.25, 0.3) is 0 Å². The third-order valence-electron chi connectivity index (χ3n) is 4.30. The number of amides is 2. The highest BCUT2D eigenvalue weighted by Gasteiger charge is 2.54. The van der Waals surface area contributed by atoms with Crippen LogP contribution in [0.15, 0.2) is 35.7 Å². The maximum atomic E-state index is 12.3. The van der Waals surface area contributed by atoms with E-state index in [2.05, 4.69) is 5.32 Å². The summed E-state index contributed by atoms with van der Waals surface area (Å²) in [6.45, 7) is 1.56. The van der Waals surface area contributed by atoms with E-state index < -0.39 is 35.9 Å². The number of ether oxygens (including phenoxy) is 1. The van der Waals surface area contributed by atoms with E-state index in [9.17, 15) is 24.6 Å². The van der Waals surface area contributed by atoms with Crippen LogP contribution in [0.2, 0.25) is 0 Å². The van der Waals surface area contributed by atoms with Crippen LogP contribution in [0.5, 0.6) is 5.75 Å². The lowest BCUT2D eigenvalue weighted by molar-refractivity contribution is -0.160. The molecule has 0 unspecified atom stereocenters. The molecule has 1 fully saturated rings. The van der Waals surface area contributed by atoms with E-state index in [4.69, 9.17) is 10.5 Å². The Morgan fingerprint density at radius 3 is 2.60 bits per heavy atom. The van der Waals surface area contributed by atoms with Crippen molar-refractivity contribution < 1.29 is 29.3 Å². The zero-order valence-corrected chi connectivity index (χ0v) is 13.3. The quantitative estimate of drug-likeness (QED) is 0.534.